The van der Waals surface area contributed by atoms with E-state index in [4.69, 9.17) is 5.11 Å². The Morgan fingerprint density at radius 1 is 1.38 bits per heavy atom. The SMILES string of the molecule is CC(=O)NCc1ccc2c(c1)CN(C1CCCN(C(=O)O)C1)C2=O. The lowest BCUT2D eigenvalue weighted by molar-refractivity contribution is -0.119. The molecular weight excluding hydrogens is 310 g/mol. The number of carbonyl (C=O) groups excluding carboxylic acids is 2. The van der Waals surface area contributed by atoms with Crippen LogP contribution in [0.4, 0.5) is 4.79 Å². The molecule has 1 saturated heterocycles. The number of rotatable bonds is 3. The van der Waals surface area contributed by atoms with E-state index in [9.17, 15) is 14.4 Å². The normalized spacial score (nSPS) is 20.0. The van der Waals surface area contributed by atoms with Crippen molar-refractivity contribution < 1.29 is 19.5 Å². The number of carboxylic acid groups (broad SMARTS) is 1. The molecule has 2 heterocycles. The van der Waals surface area contributed by atoms with Gasteiger partial charge in [-0.25, -0.2) is 4.79 Å². The van der Waals surface area contributed by atoms with Crippen LogP contribution in [0, 0.1) is 0 Å². The van der Waals surface area contributed by atoms with Gasteiger partial charge in [-0.3, -0.25) is 9.59 Å². The van der Waals surface area contributed by atoms with E-state index < -0.39 is 6.09 Å². The Labute approximate surface area is 140 Å². The van der Waals surface area contributed by atoms with Crippen molar-refractivity contribution in [2.24, 2.45) is 0 Å². The van der Waals surface area contributed by atoms with Crippen molar-refractivity contribution in [3.8, 4) is 0 Å². The van der Waals surface area contributed by atoms with Gasteiger partial charge in [0.1, 0.15) is 0 Å². The number of likely N-dealkylation sites (tertiary alicyclic amines) is 1. The summed E-state index contributed by atoms with van der Waals surface area (Å²) in [5.41, 5.74) is 2.57. The van der Waals surface area contributed by atoms with E-state index in [0.717, 1.165) is 24.0 Å². The zero-order valence-electron chi connectivity index (χ0n) is 13.6. The van der Waals surface area contributed by atoms with Crippen molar-refractivity contribution in [2.75, 3.05) is 13.1 Å². The third-order valence-corrected chi connectivity index (χ3v) is 4.65. The molecule has 7 heteroatoms. The van der Waals surface area contributed by atoms with Crippen LogP contribution in [-0.2, 0) is 17.9 Å². The quantitative estimate of drug-likeness (QED) is 0.876. The van der Waals surface area contributed by atoms with Crippen LogP contribution in [0.2, 0.25) is 0 Å². The lowest BCUT2D eigenvalue weighted by atomic mass is 10.0. The van der Waals surface area contributed by atoms with Gasteiger partial charge in [-0.05, 0) is 30.0 Å². The Bertz CT molecular complexity index is 688. The van der Waals surface area contributed by atoms with E-state index in [1.165, 1.54) is 11.8 Å². The minimum atomic E-state index is -0.929. The summed E-state index contributed by atoms with van der Waals surface area (Å²) in [6.45, 7) is 3.30. The summed E-state index contributed by atoms with van der Waals surface area (Å²) in [7, 11) is 0. The number of carbonyl (C=O) groups is 3. The van der Waals surface area contributed by atoms with Crippen molar-refractivity contribution in [1.29, 1.82) is 0 Å². The number of nitrogens with one attached hydrogen (secondary N) is 1. The molecule has 7 nitrogen and oxygen atoms in total. The van der Waals surface area contributed by atoms with Gasteiger partial charge >= 0.3 is 6.09 Å². The largest absolute Gasteiger partial charge is 0.465 e. The summed E-state index contributed by atoms with van der Waals surface area (Å²) in [5.74, 6) is -0.127. The number of nitrogens with zero attached hydrogens (tertiary/aromatic N) is 2. The van der Waals surface area contributed by atoms with Gasteiger partial charge in [0.15, 0.2) is 0 Å². The number of fused-ring (bicyclic) bond motifs is 1. The standard InChI is InChI=1S/C17H21N3O4/c1-11(21)18-8-12-4-5-15-13(7-12)9-20(16(15)22)14-3-2-6-19(10-14)17(23)24/h4-5,7,14H,2-3,6,8-10H2,1H3,(H,18,21)(H,23,24). The summed E-state index contributed by atoms with van der Waals surface area (Å²) < 4.78 is 0. The Hall–Kier alpha value is -2.57. The van der Waals surface area contributed by atoms with Crippen molar-refractivity contribution in [3.63, 3.8) is 0 Å². The van der Waals surface area contributed by atoms with Gasteiger partial charge in [0.2, 0.25) is 5.91 Å². The van der Waals surface area contributed by atoms with Crippen molar-refractivity contribution in [3.05, 3.63) is 34.9 Å². The monoisotopic (exact) mass is 331 g/mol. The van der Waals surface area contributed by atoms with Crippen LogP contribution in [0.25, 0.3) is 0 Å². The molecule has 0 saturated carbocycles. The van der Waals surface area contributed by atoms with Crippen LogP contribution in [0.5, 0.6) is 0 Å². The van der Waals surface area contributed by atoms with E-state index in [-0.39, 0.29) is 17.9 Å². The molecule has 1 fully saturated rings. The van der Waals surface area contributed by atoms with Gasteiger partial charge in [0.05, 0.1) is 6.04 Å². The third kappa shape index (κ3) is 3.20. The highest BCUT2D eigenvalue weighted by atomic mass is 16.4. The van der Waals surface area contributed by atoms with Gasteiger partial charge in [-0.1, -0.05) is 12.1 Å². The smallest absolute Gasteiger partial charge is 0.407 e. The van der Waals surface area contributed by atoms with Crippen LogP contribution in [0.15, 0.2) is 18.2 Å². The van der Waals surface area contributed by atoms with Gasteiger partial charge in [-0.2, -0.15) is 0 Å². The molecule has 0 spiro atoms. The first-order valence-corrected chi connectivity index (χ1v) is 8.11. The van der Waals surface area contributed by atoms with E-state index >= 15 is 0 Å². The van der Waals surface area contributed by atoms with Crippen molar-refractivity contribution >= 4 is 17.9 Å². The predicted molar refractivity (Wildman–Crippen MR) is 86.5 cm³/mol. The molecule has 1 aromatic carbocycles. The average molecular weight is 331 g/mol. The van der Waals surface area contributed by atoms with Crippen LogP contribution in [0.3, 0.4) is 0 Å². The van der Waals surface area contributed by atoms with Crippen LogP contribution >= 0.6 is 0 Å². The molecular formula is C17H21N3O4. The van der Waals surface area contributed by atoms with Gasteiger partial charge in [-0.15, -0.1) is 0 Å². The molecule has 0 aliphatic carbocycles. The molecule has 3 rings (SSSR count). The molecule has 1 atom stereocenters. The third-order valence-electron chi connectivity index (χ3n) is 4.65. The lowest BCUT2D eigenvalue weighted by Crippen LogP contribution is -2.49. The number of hydrogen-bond acceptors (Lipinski definition) is 3. The fourth-order valence-corrected chi connectivity index (χ4v) is 3.41. The second-order valence-electron chi connectivity index (χ2n) is 6.36. The maximum atomic E-state index is 12.6. The van der Waals surface area contributed by atoms with Gasteiger partial charge in [0, 0.05) is 38.7 Å². The maximum absolute atomic E-state index is 12.6. The van der Waals surface area contributed by atoms with Crippen LogP contribution < -0.4 is 5.32 Å². The molecule has 3 amide bonds. The zero-order chi connectivity index (χ0) is 17.3. The van der Waals surface area contributed by atoms with Crippen LogP contribution in [0.1, 0.15) is 41.3 Å². The number of hydrogen-bond donors (Lipinski definition) is 2. The Balaban J connectivity index is 1.73. The van der Waals surface area contributed by atoms with E-state index in [2.05, 4.69) is 5.32 Å². The fraction of sp³-hybridized carbons (Fsp3) is 0.471. The number of amides is 3. The molecule has 1 unspecified atom stereocenters. The Kier molecular flexibility index (Phi) is 4.42. The van der Waals surface area contributed by atoms with Crippen LogP contribution in [-0.4, -0.2) is 51.9 Å². The minimum Gasteiger partial charge on any atom is -0.465 e. The highest BCUT2D eigenvalue weighted by molar-refractivity contribution is 5.98. The highest BCUT2D eigenvalue weighted by Crippen LogP contribution is 2.28. The lowest BCUT2D eigenvalue weighted by Gasteiger charge is -2.36. The summed E-state index contributed by atoms with van der Waals surface area (Å²) >= 11 is 0. The maximum Gasteiger partial charge on any atom is 0.407 e. The molecule has 2 N–H and O–H groups in total. The Morgan fingerprint density at radius 2 is 2.17 bits per heavy atom. The first-order chi connectivity index (χ1) is 11.5. The molecule has 24 heavy (non-hydrogen) atoms. The zero-order valence-corrected chi connectivity index (χ0v) is 13.6. The van der Waals surface area contributed by atoms with E-state index in [1.807, 2.05) is 12.1 Å². The summed E-state index contributed by atoms with van der Waals surface area (Å²) in [6.07, 6.45) is 0.661. The molecule has 2 aliphatic heterocycles. The Morgan fingerprint density at radius 3 is 2.88 bits per heavy atom. The average Bonchev–Trinajstić information content (AvgIpc) is 2.89. The molecule has 2 aliphatic rings. The number of benzene rings is 1. The summed E-state index contributed by atoms with van der Waals surface area (Å²) in [4.78, 5) is 38.0. The summed E-state index contributed by atoms with van der Waals surface area (Å²) in [6, 6.07) is 5.52. The second-order valence-corrected chi connectivity index (χ2v) is 6.36. The molecule has 0 radical (unpaired) electrons. The second kappa shape index (κ2) is 6.51. The fourth-order valence-electron chi connectivity index (χ4n) is 3.41. The predicted octanol–water partition coefficient (Wildman–Crippen LogP) is 1.42. The number of piperidine rings is 1. The highest BCUT2D eigenvalue weighted by Gasteiger charge is 2.35. The van der Waals surface area contributed by atoms with E-state index in [0.29, 0.717) is 31.7 Å². The molecule has 128 valence electrons. The molecule has 1 aromatic rings. The minimum absolute atomic E-state index is 0.0340. The first-order valence-electron chi connectivity index (χ1n) is 8.11. The molecule has 0 bridgehead atoms. The van der Waals surface area contributed by atoms with Gasteiger partial charge < -0.3 is 20.2 Å². The first kappa shape index (κ1) is 16.3. The van der Waals surface area contributed by atoms with Gasteiger partial charge in [0.25, 0.3) is 5.91 Å². The topological polar surface area (TPSA) is 90.0 Å². The van der Waals surface area contributed by atoms with Crippen molar-refractivity contribution in [1.82, 2.24) is 15.1 Å². The molecule has 0 aromatic heterocycles. The summed E-state index contributed by atoms with van der Waals surface area (Å²) in [5, 5.41) is 11.9. The van der Waals surface area contributed by atoms with Crippen molar-refractivity contribution in [2.45, 2.75) is 38.9 Å². The van der Waals surface area contributed by atoms with E-state index in [1.54, 1.807) is 11.0 Å².